The molecule has 1 amide bonds. The van der Waals surface area contributed by atoms with Gasteiger partial charge >= 0.3 is 5.69 Å². The molecule has 7 nitrogen and oxygen atoms in total. The van der Waals surface area contributed by atoms with E-state index in [0.717, 1.165) is 31.6 Å². The summed E-state index contributed by atoms with van der Waals surface area (Å²) in [5, 5.41) is 3.90. The van der Waals surface area contributed by atoms with Crippen LogP contribution in [0.2, 0.25) is 5.02 Å². The van der Waals surface area contributed by atoms with E-state index >= 15 is 0 Å². The molecule has 0 saturated carbocycles. The molecule has 184 valence electrons. The highest BCUT2D eigenvalue weighted by atomic mass is 35.5. The number of likely N-dealkylation sites (tertiary alicyclic amines) is 1. The number of rotatable bonds is 6. The van der Waals surface area contributed by atoms with Crippen LogP contribution in [0.15, 0.2) is 76.3 Å². The monoisotopic (exact) mass is 502 g/mol. The summed E-state index contributed by atoms with van der Waals surface area (Å²) in [7, 11) is 0. The molecule has 8 heteroatoms. The second-order valence-electron chi connectivity index (χ2n) is 9.36. The molecule has 1 aliphatic heterocycles. The molecular formula is C28H27ClN4O3. The predicted molar refractivity (Wildman–Crippen MR) is 142 cm³/mol. The number of aromatic amines is 1. The minimum atomic E-state index is -0.501. The maximum atomic E-state index is 13.1. The molecule has 1 unspecified atom stereocenters. The summed E-state index contributed by atoms with van der Waals surface area (Å²) >= 11 is 6.39. The third-order valence-electron chi connectivity index (χ3n) is 6.62. The Bertz CT molecular complexity index is 1560. The van der Waals surface area contributed by atoms with Gasteiger partial charge in [-0.25, -0.2) is 4.79 Å². The first-order chi connectivity index (χ1) is 17.4. The van der Waals surface area contributed by atoms with Crippen LogP contribution in [0.3, 0.4) is 0 Å². The fraction of sp³-hybridized carbons (Fsp3) is 0.250. The van der Waals surface area contributed by atoms with Crippen LogP contribution in [-0.4, -0.2) is 39.5 Å². The van der Waals surface area contributed by atoms with Gasteiger partial charge in [-0.3, -0.25) is 24.0 Å². The normalized spacial score (nSPS) is 15.9. The number of hydrogen-bond acceptors (Lipinski definition) is 4. The second kappa shape index (κ2) is 10.1. The SMILES string of the molecule is Cc1cccc(CN2CCC(NC(=O)c3cc(Cn4c(=O)[nH]c(=O)c5ccccc54)ccc3Cl)C2)c1. The van der Waals surface area contributed by atoms with Crippen molar-refractivity contribution in [3.05, 3.63) is 115 Å². The van der Waals surface area contributed by atoms with Crippen LogP contribution in [-0.2, 0) is 13.1 Å². The maximum Gasteiger partial charge on any atom is 0.329 e. The minimum Gasteiger partial charge on any atom is -0.348 e. The van der Waals surface area contributed by atoms with Crippen LogP contribution in [0, 0.1) is 6.92 Å². The van der Waals surface area contributed by atoms with E-state index in [4.69, 9.17) is 11.6 Å². The molecule has 1 saturated heterocycles. The molecule has 5 rings (SSSR count). The number of carbonyl (C=O) groups excluding carboxylic acids is 1. The van der Waals surface area contributed by atoms with Gasteiger partial charge in [-0.15, -0.1) is 0 Å². The summed E-state index contributed by atoms with van der Waals surface area (Å²) < 4.78 is 1.49. The number of fused-ring (bicyclic) bond motifs is 1. The Morgan fingerprint density at radius 1 is 1.03 bits per heavy atom. The highest BCUT2D eigenvalue weighted by Crippen LogP contribution is 2.21. The van der Waals surface area contributed by atoms with Crippen molar-refractivity contribution in [1.29, 1.82) is 0 Å². The molecule has 2 N–H and O–H groups in total. The number of benzene rings is 3. The van der Waals surface area contributed by atoms with E-state index in [1.165, 1.54) is 15.7 Å². The van der Waals surface area contributed by atoms with E-state index in [1.54, 1.807) is 42.5 Å². The third-order valence-corrected chi connectivity index (χ3v) is 6.95. The molecule has 0 spiro atoms. The quantitative estimate of drug-likeness (QED) is 0.421. The first-order valence-electron chi connectivity index (χ1n) is 12.0. The Labute approximate surface area is 213 Å². The predicted octanol–water partition coefficient (Wildman–Crippen LogP) is 3.70. The average molecular weight is 503 g/mol. The second-order valence-corrected chi connectivity index (χ2v) is 9.77. The fourth-order valence-corrected chi connectivity index (χ4v) is 5.06. The van der Waals surface area contributed by atoms with Gasteiger partial charge in [0.25, 0.3) is 11.5 Å². The van der Waals surface area contributed by atoms with Gasteiger partial charge < -0.3 is 5.32 Å². The zero-order valence-electron chi connectivity index (χ0n) is 20.0. The maximum absolute atomic E-state index is 13.1. The first-order valence-corrected chi connectivity index (χ1v) is 12.3. The Morgan fingerprint density at radius 2 is 1.83 bits per heavy atom. The summed E-state index contributed by atoms with van der Waals surface area (Å²) in [5.74, 6) is -0.233. The van der Waals surface area contributed by atoms with E-state index in [0.29, 0.717) is 21.5 Å². The van der Waals surface area contributed by atoms with Gasteiger partial charge in [0.15, 0.2) is 0 Å². The van der Waals surface area contributed by atoms with Crippen molar-refractivity contribution < 1.29 is 4.79 Å². The lowest BCUT2D eigenvalue weighted by Crippen LogP contribution is -2.37. The number of nitrogens with zero attached hydrogens (tertiary/aromatic N) is 2. The van der Waals surface area contributed by atoms with Crippen LogP contribution in [0.5, 0.6) is 0 Å². The molecule has 1 atom stereocenters. The molecular weight excluding hydrogens is 476 g/mol. The molecule has 3 aromatic carbocycles. The number of amides is 1. The van der Waals surface area contributed by atoms with E-state index in [-0.39, 0.29) is 18.5 Å². The Kier molecular flexibility index (Phi) is 6.76. The number of nitrogens with one attached hydrogen (secondary N) is 2. The molecule has 1 fully saturated rings. The zero-order valence-corrected chi connectivity index (χ0v) is 20.7. The van der Waals surface area contributed by atoms with E-state index in [2.05, 4.69) is 46.4 Å². The van der Waals surface area contributed by atoms with Crippen molar-refractivity contribution in [2.24, 2.45) is 0 Å². The van der Waals surface area contributed by atoms with Gasteiger partial charge in [-0.1, -0.05) is 59.6 Å². The molecule has 0 radical (unpaired) electrons. The van der Waals surface area contributed by atoms with Crippen molar-refractivity contribution in [3.63, 3.8) is 0 Å². The Hall–Kier alpha value is -3.68. The average Bonchev–Trinajstić information content (AvgIpc) is 3.29. The molecule has 36 heavy (non-hydrogen) atoms. The summed E-state index contributed by atoms with van der Waals surface area (Å²) in [4.78, 5) is 42.5. The van der Waals surface area contributed by atoms with Crippen molar-refractivity contribution >= 4 is 28.4 Å². The lowest BCUT2D eigenvalue weighted by Gasteiger charge is -2.17. The van der Waals surface area contributed by atoms with Crippen LogP contribution >= 0.6 is 11.6 Å². The lowest BCUT2D eigenvalue weighted by molar-refractivity contribution is 0.0937. The summed E-state index contributed by atoms with van der Waals surface area (Å²) in [6, 6.07) is 20.6. The van der Waals surface area contributed by atoms with Crippen molar-refractivity contribution in [1.82, 2.24) is 19.8 Å². The number of halogens is 1. The number of H-pyrrole nitrogens is 1. The Balaban J connectivity index is 1.30. The first kappa shape index (κ1) is 24.0. The molecule has 1 aliphatic rings. The zero-order chi connectivity index (χ0) is 25.2. The molecule has 4 aromatic rings. The highest BCUT2D eigenvalue weighted by Gasteiger charge is 2.25. The summed E-state index contributed by atoms with van der Waals surface area (Å²) in [5.41, 5.74) is 3.22. The largest absolute Gasteiger partial charge is 0.348 e. The number of para-hydroxylation sites is 1. The van der Waals surface area contributed by atoms with Gasteiger partial charge in [-0.2, -0.15) is 0 Å². The summed E-state index contributed by atoms with van der Waals surface area (Å²) in [6.07, 6.45) is 0.869. The standard InChI is InChI=1S/C28H27ClN4O3/c1-18-5-4-6-19(13-18)15-32-12-11-21(17-32)30-27(35)23-14-20(9-10-24(23)29)16-33-25-8-3-2-7-22(25)26(34)31-28(33)36/h2-10,13-14,21H,11-12,15-17H2,1H3,(H,30,35)(H,31,34,36). The summed E-state index contributed by atoms with van der Waals surface area (Å²) in [6.45, 7) is 4.82. The van der Waals surface area contributed by atoms with Crippen LogP contribution < -0.4 is 16.6 Å². The van der Waals surface area contributed by atoms with Crippen molar-refractivity contribution in [2.75, 3.05) is 13.1 Å². The minimum absolute atomic E-state index is 0.0350. The van der Waals surface area contributed by atoms with Gasteiger partial charge in [0, 0.05) is 25.7 Å². The highest BCUT2D eigenvalue weighted by molar-refractivity contribution is 6.33. The fourth-order valence-electron chi connectivity index (χ4n) is 4.85. The smallest absolute Gasteiger partial charge is 0.329 e. The van der Waals surface area contributed by atoms with Crippen LogP contribution in [0.4, 0.5) is 0 Å². The van der Waals surface area contributed by atoms with E-state index in [9.17, 15) is 14.4 Å². The van der Waals surface area contributed by atoms with Crippen LogP contribution in [0.25, 0.3) is 10.9 Å². The third kappa shape index (κ3) is 5.12. The van der Waals surface area contributed by atoms with Gasteiger partial charge in [-0.05, 0) is 48.7 Å². The molecule has 2 heterocycles. The number of aryl methyl sites for hydroxylation is 1. The van der Waals surface area contributed by atoms with Gasteiger partial charge in [0.2, 0.25) is 0 Å². The molecule has 0 aliphatic carbocycles. The van der Waals surface area contributed by atoms with Gasteiger partial charge in [0.05, 0.1) is 28.0 Å². The number of hydrogen-bond donors (Lipinski definition) is 2. The molecule has 1 aromatic heterocycles. The van der Waals surface area contributed by atoms with Crippen molar-refractivity contribution in [3.8, 4) is 0 Å². The van der Waals surface area contributed by atoms with E-state index < -0.39 is 11.2 Å². The number of aromatic nitrogens is 2. The lowest BCUT2D eigenvalue weighted by atomic mass is 10.1. The topological polar surface area (TPSA) is 87.2 Å². The Morgan fingerprint density at radius 3 is 2.67 bits per heavy atom. The van der Waals surface area contributed by atoms with Gasteiger partial charge in [0.1, 0.15) is 0 Å². The van der Waals surface area contributed by atoms with Crippen molar-refractivity contribution in [2.45, 2.75) is 32.5 Å². The number of carbonyl (C=O) groups is 1. The van der Waals surface area contributed by atoms with Crippen LogP contribution in [0.1, 0.15) is 33.5 Å². The van der Waals surface area contributed by atoms with E-state index in [1.807, 2.05) is 0 Å². The molecule has 0 bridgehead atoms.